The van der Waals surface area contributed by atoms with E-state index in [1.807, 2.05) is 24.9 Å². The molecule has 2 aromatic rings. The van der Waals surface area contributed by atoms with Crippen molar-refractivity contribution in [1.82, 2.24) is 24.5 Å². The van der Waals surface area contributed by atoms with Gasteiger partial charge in [0.1, 0.15) is 6.33 Å². The lowest BCUT2D eigenvalue weighted by atomic mass is 10.2. The maximum atomic E-state index is 4.58. The van der Waals surface area contributed by atoms with Crippen LogP contribution in [0.25, 0.3) is 5.95 Å². The average molecular weight is 305 g/mol. The van der Waals surface area contributed by atoms with Crippen LogP contribution in [0.2, 0.25) is 0 Å². The molecule has 1 atom stereocenters. The molecule has 0 bridgehead atoms. The van der Waals surface area contributed by atoms with E-state index in [1.54, 1.807) is 17.1 Å². The van der Waals surface area contributed by atoms with E-state index in [4.69, 9.17) is 0 Å². The predicted molar refractivity (Wildman–Crippen MR) is 85.2 cm³/mol. The van der Waals surface area contributed by atoms with Crippen LogP contribution < -0.4 is 10.2 Å². The molecule has 112 valence electrons. The fourth-order valence-corrected chi connectivity index (χ4v) is 3.50. The summed E-state index contributed by atoms with van der Waals surface area (Å²) >= 11 is 1.98. The molecule has 0 aliphatic carbocycles. The fraction of sp³-hybridized carbons (Fsp3) is 0.538. The minimum Gasteiger partial charge on any atom is -0.354 e. The number of hydrogen-bond acceptors (Lipinski definition) is 7. The normalized spacial score (nSPS) is 17.9. The highest BCUT2D eigenvalue weighted by Gasteiger charge is 2.23. The van der Waals surface area contributed by atoms with Crippen LogP contribution in [0.1, 0.15) is 13.3 Å². The van der Waals surface area contributed by atoms with Crippen LogP contribution in [0, 0.1) is 0 Å². The first-order valence-electron chi connectivity index (χ1n) is 7.06. The maximum absolute atomic E-state index is 4.58. The molecule has 3 heterocycles. The molecule has 2 aromatic heterocycles. The third-order valence-corrected chi connectivity index (χ3v) is 4.60. The zero-order valence-electron chi connectivity index (χ0n) is 12.2. The Morgan fingerprint density at radius 1 is 1.43 bits per heavy atom. The van der Waals surface area contributed by atoms with Gasteiger partial charge in [-0.05, 0) is 19.1 Å². The standard InChI is InChI=1S/C13H19N7S/c1-3-15-11-16-12(19(2)10-4-7-21-8-10)18-13(17-11)20-6-5-14-9-20/h5-6,9-10H,3-4,7-8H2,1-2H3,(H,15,16,17,18). The number of nitrogens with one attached hydrogen (secondary N) is 1. The second-order valence-corrected chi connectivity index (χ2v) is 6.04. The van der Waals surface area contributed by atoms with Gasteiger partial charge in [0.2, 0.25) is 17.8 Å². The molecule has 7 nitrogen and oxygen atoms in total. The molecular formula is C13H19N7S. The van der Waals surface area contributed by atoms with Crippen molar-refractivity contribution in [3.63, 3.8) is 0 Å². The summed E-state index contributed by atoms with van der Waals surface area (Å²) in [6.07, 6.45) is 6.41. The highest BCUT2D eigenvalue weighted by molar-refractivity contribution is 7.99. The van der Waals surface area contributed by atoms with E-state index in [2.05, 4.69) is 37.2 Å². The molecule has 0 spiro atoms. The van der Waals surface area contributed by atoms with E-state index in [-0.39, 0.29) is 0 Å². The highest BCUT2D eigenvalue weighted by atomic mass is 32.2. The molecule has 3 rings (SSSR count). The van der Waals surface area contributed by atoms with Crippen molar-refractivity contribution in [1.29, 1.82) is 0 Å². The highest BCUT2D eigenvalue weighted by Crippen LogP contribution is 2.24. The summed E-state index contributed by atoms with van der Waals surface area (Å²) in [5.74, 6) is 4.22. The van der Waals surface area contributed by atoms with E-state index < -0.39 is 0 Å². The molecule has 1 saturated heterocycles. The molecule has 1 unspecified atom stereocenters. The zero-order chi connectivity index (χ0) is 14.7. The number of thioether (sulfide) groups is 1. The van der Waals surface area contributed by atoms with E-state index in [0.29, 0.717) is 23.9 Å². The maximum Gasteiger partial charge on any atom is 0.241 e. The largest absolute Gasteiger partial charge is 0.354 e. The van der Waals surface area contributed by atoms with E-state index in [9.17, 15) is 0 Å². The molecule has 8 heteroatoms. The fourth-order valence-electron chi connectivity index (χ4n) is 2.23. The van der Waals surface area contributed by atoms with Crippen molar-refractivity contribution in [3.05, 3.63) is 18.7 Å². The molecule has 21 heavy (non-hydrogen) atoms. The van der Waals surface area contributed by atoms with Gasteiger partial charge in [0.15, 0.2) is 0 Å². The van der Waals surface area contributed by atoms with Crippen molar-refractivity contribution >= 4 is 23.7 Å². The van der Waals surface area contributed by atoms with Gasteiger partial charge in [-0.1, -0.05) is 0 Å². The van der Waals surface area contributed by atoms with Gasteiger partial charge in [-0.25, -0.2) is 4.98 Å². The lowest BCUT2D eigenvalue weighted by Gasteiger charge is -2.24. The van der Waals surface area contributed by atoms with Gasteiger partial charge in [-0.3, -0.25) is 4.57 Å². The van der Waals surface area contributed by atoms with Gasteiger partial charge in [0, 0.05) is 37.8 Å². The number of rotatable bonds is 5. The molecule has 1 aliphatic heterocycles. The third kappa shape index (κ3) is 3.10. The number of hydrogen-bond donors (Lipinski definition) is 1. The van der Waals surface area contributed by atoms with Crippen molar-refractivity contribution < 1.29 is 0 Å². The first-order chi connectivity index (χ1) is 10.3. The van der Waals surface area contributed by atoms with E-state index in [0.717, 1.165) is 12.3 Å². The second-order valence-electron chi connectivity index (χ2n) is 4.89. The van der Waals surface area contributed by atoms with Gasteiger partial charge < -0.3 is 10.2 Å². The summed E-state index contributed by atoms with van der Waals surface area (Å²) in [5, 5.41) is 3.17. The third-order valence-electron chi connectivity index (χ3n) is 3.45. The Morgan fingerprint density at radius 3 is 3.00 bits per heavy atom. The monoisotopic (exact) mass is 305 g/mol. The summed E-state index contributed by atoms with van der Waals surface area (Å²) in [6.45, 7) is 2.80. The van der Waals surface area contributed by atoms with Crippen LogP contribution >= 0.6 is 11.8 Å². The van der Waals surface area contributed by atoms with Crippen LogP contribution in [-0.4, -0.2) is 55.6 Å². The minimum atomic E-state index is 0.488. The molecule has 0 aromatic carbocycles. The zero-order valence-corrected chi connectivity index (χ0v) is 13.0. The first-order valence-corrected chi connectivity index (χ1v) is 8.22. The Balaban J connectivity index is 1.94. The van der Waals surface area contributed by atoms with Gasteiger partial charge >= 0.3 is 0 Å². The van der Waals surface area contributed by atoms with Crippen LogP contribution in [0.4, 0.5) is 11.9 Å². The van der Waals surface area contributed by atoms with Crippen molar-refractivity contribution in [2.24, 2.45) is 0 Å². The quantitative estimate of drug-likeness (QED) is 0.896. The van der Waals surface area contributed by atoms with Crippen LogP contribution in [0.3, 0.4) is 0 Å². The average Bonchev–Trinajstić information content (AvgIpc) is 3.19. The Morgan fingerprint density at radius 2 is 2.33 bits per heavy atom. The Hall–Kier alpha value is -1.83. The van der Waals surface area contributed by atoms with Gasteiger partial charge in [-0.15, -0.1) is 0 Å². The number of aromatic nitrogens is 5. The Kier molecular flexibility index (Phi) is 4.23. The summed E-state index contributed by atoms with van der Waals surface area (Å²) in [5.41, 5.74) is 0. The summed E-state index contributed by atoms with van der Waals surface area (Å²) < 4.78 is 1.79. The lowest BCUT2D eigenvalue weighted by molar-refractivity contribution is 0.676. The van der Waals surface area contributed by atoms with Crippen LogP contribution in [0.5, 0.6) is 0 Å². The van der Waals surface area contributed by atoms with Gasteiger partial charge in [0.25, 0.3) is 0 Å². The van der Waals surface area contributed by atoms with Gasteiger partial charge in [0.05, 0.1) is 0 Å². The SMILES string of the molecule is CCNc1nc(N(C)C2CCSC2)nc(-n2ccnc2)n1. The summed E-state index contributed by atoms with van der Waals surface area (Å²) in [4.78, 5) is 19.7. The number of anilines is 2. The molecule has 1 aliphatic rings. The Labute approximate surface area is 128 Å². The van der Waals surface area contributed by atoms with E-state index >= 15 is 0 Å². The smallest absolute Gasteiger partial charge is 0.241 e. The molecule has 0 saturated carbocycles. The molecule has 1 N–H and O–H groups in total. The lowest BCUT2D eigenvalue weighted by Crippen LogP contribution is -2.33. The van der Waals surface area contributed by atoms with Crippen molar-refractivity contribution in [3.8, 4) is 5.95 Å². The summed E-state index contributed by atoms with van der Waals surface area (Å²) in [6, 6.07) is 0.488. The number of imidazole rings is 1. The molecule has 0 radical (unpaired) electrons. The second kappa shape index (κ2) is 6.30. The van der Waals surface area contributed by atoms with Crippen LogP contribution in [-0.2, 0) is 0 Å². The van der Waals surface area contributed by atoms with Gasteiger partial charge in [-0.2, -0.15) is 26.7 Å². The molecular weight excluding hydrogens is 286 g/mol. The van der Waals surface area contributed by atoms with Crippen LogP contribution in [0.15, 0.2) is 18.7 Å². The topological polar surface area (TPSA) is 71.8 Å². The van der Waals surface area contributed by atoms with Crippen molar-refractivity contribution in [2.75, 3.05) is 35.3 Å². The minimum absolute atomic E-state index is 0.488. The van der Waals surface area contributed by atoms with E-state index in [1.165, 1.54) is 12.2 Å². The first kappa shape index (κ1) is 14.1. The number of nitrogens with zero attached hydrogens (tertiary/aromatic N) is 6. The molecule has 0 amide bonds. The van der Waals surface area contributed by atoms with Crippen molar-refractivity contribution in [2.45, 2.75) is 19.4 Å². The summed E-state index contributed by atoms with van der Waals surface area (Å²) in [7, 11) is 2.05. The predicted octanol–water partition coefficient (Wildman–Crippen LogP) is 1.43. The molecule has 1 fully saturated rings. The Bertz CT molecular complexity index is 580.